The van der Waals surface area contributed by atoms with Crippen LogP contribution in [0.15, 0.2) is 65.8 Å². The van der Waals surface area contributed by atoms with E-state index in [1.165, 1.54) is 18.2 Å². The second-order valence-corrected chi connectivity index (χ2v) is 11.5. The highest BCUT2D eigenvalue weighted by atomic mass is 32.2. The molecule has 1 aliphatic heterocycles. The number of thioether (sulfide) groups is 1. The van der Waals surface area contributed by atoms with Crippen molar-refractivity contribution in [2.75, 3.05) is 12.3 Å². The molecule has 2 aliphatic rings. The maximum absolute atomic E-state index is 13.2. The fourth-order valence-corrected chi connectivity index (χ4v) is 6.76. The summed E-state index contributed by atoms with van der Waals surface area (Å²) in [5, 5.41) is 0.796. The number of fused-ring (bicyclic) bond motifs is 2. The zero-order valence-corrected chi connectivity index (χ0v) is 19.9. The van der Waals surface area contributed by atoms with Crippen molar-refractivity contribution in [1.29, 1.82) is 0 Å². The Balaban J connectivity index is 1.35. The molecule has 2 fully saturated rings. The van der Waals surface area contributed by atoms with Crippen molar-refractivity contribution in [2.24, 2.45) is 10.8 Å². The smallest absolute Gasteiger partial charge is 0.233 e. The van der Waals surface area contributed by atoms with Crippen molar-refractivity contribution in [3.8, 4) is 22.5 Å². The molecule has 1 aliphatic carbocycles. The molecule has 4 nitrogen and oxygen atoms in total. The summed E-state index contributed by atoms with van der Waals surface area (Å²) in [6.07, 6.45) is 3.45. The van der Waals surface area contributed by atoms with Crippen molar-refractivity contribution in [2.45, 2.75) is 51.2 Å². The number of likely N-dealkylation sites (tertiary alicyclic amines) is 1. The van der Waals surface area contributed by atoms with E-state index in [1.807, 2.05) is 36.4 Å². The molecular weight excluding hydrogens is 414 g/mol. The lowest BCUT2D eigenvalue weighted by Crippen LogP contribution is -2.38. The van der Waals surface area contributed by atoms with Crippen LogP contribution in [0.1, 0.15) is 40.0 Å². The fourth-order valence-electron chi connectivity index (χ4n) is 6.00. The average molecular weight is 446 g/mol. The maximum atomic E-state index is 13.2. The lowest BCUT2D eigenvalue weighted by molar-refractivity contribution is -0.129. The van der Waals surface area contributed by atoms with Gasteiger partial charge in [0.05, 0.1) is 17.1 Å². The molecule has 2 heterocycles. The summed E-state index contributed by atoms with van der Waals surface area (Å²) in [6.45, 7) is 7.94. The SMILES string of the molecule is CC1(C)CC2CC(C)(CN2C(=O)CSc2nc(-c3ccccc3)c(-c3ccccc3)[nH]2)C1. The third kappa shape index (κ3) is 4.23. The highest BCUT2D eigenvalue weighted by Crippen LogP contribution is 2.52. The number of hydrogen-bond acceptors (Lipinski definition) is 3. The Morgan fingerprint density at radius 3 is 2.38 bits per heavy atom. The third-order valence-corrected chi connectivity index (χ3v) is 7.72. The van der Waals surface area contributed by atoms with E-state index in [2.05, 4.69) is 54.9 Å². The molecule has 2 aromatic carbocycles. The van der Waals surface area contributed by atoms with E-state index in [0.717, 1.165) is 47.1 Å². The van der Waals surface area contributed by atoms with Crippen LogP contribution < -0.4 is 0 Å². The quantitative estimate of drug-likeness (QED) is 0.471. The number of imidazole rings is 1. The molecule has 1 amide bonds. The van der Waals surface area contributed by atoms with Crippen LogP contribution in [0.25, 0.3) is 22.5 Å². The number of aromatic nitrogens is 2. The first-order valence-electron chi connectivity index (χ1n) is 11.5. The summed E-state index contributed by atoms with van der Waals surface area (Å²) in [5.41, 5.74) is 4.68. The van der Waals surface area contributed by atoms with Gasteiger partial charge >= 0.3 is 0 Å². The Morgan fingerprint density at radius 1 is 1.03 bits per heavy atom. The number of rotatable bonds is 5. The molecule has 2 unspecified atom stereocenters. The first kappa shape index (κ1) is 21.3. The summed E-state index contributed by atoms with van der Waals surface area (Å²) >= 11 is 1.51. The van der Waals surface area contributed by atoms with Crippen molar-refractivity contribution in [3.05, 3.63) is 60.7 Å². The van der Waals surface area contributed by atoms with E-state index in [4.69, 9.17) is 4.98 Å². The van der Waals surface area contributed by atoms with Crippen LogP contribution >= 0.6 is 11.8 Å². The number of amides is 1. The molecule has 1 saturated heterocycles. The van der Waals surface area contributed by atoms with Crippen LogP contribution in [0.4, 0.5) is 0 Å². The molecule has 1 N–H and O–H groups in total. The van der Waals surface area contributed by atoms with E-state index in [0.29, 0.717) is 17.2 Å². The zero-order valence-electron chi connectivity index (χ0n) is 19.1. The van der Waals surface area contributed by atoms with Crippen molar-refractivity contribution < 1.29 is 4.79 Å². The molecule has 1 saturated carbocycles. The number of hydrogen-bond donors (Lipinski definition) is 1. The van der Waals surface area contributed by atoms with Gasteiger partial charge in [-0.3, -0.25) is 4.79 Å². The van der Waals surface area contributed by atoms with Crippen LogP contribution in [-0.4, -0.2) is 39.1 Å². The summed E-state index contributed by atoms with van der Waals surface area (Å²) in [5.74, 6) is 0.656. The van der Waals surface area contributed by atoms with Gasteiger partial charge in [-0.25, -0.2) is 4.98 Å². The van der Waals surface area contributed by atoms with E-state index in [-0.39, 0.29) is 11.3 Å². The molecule has 5 rings (SSSR count). The van der Waals surface area contributed by atoms with Gasteiger partial charge in [0.1, 0.15) is 0 Å². The number of carbonyl (C=O) groups excluding carboxylic acids is 1. The van der Waals surface area contributed by atoms with Gasteiger partial charge in [0.25, 0.3) is 0 Å². The van der Waals surface area contributed by atoms with Crippen LogP contribution in [0.3, 0.4) is 0 Å². The predicted molar refractivity (Wildman–Crippen MR) is 131 cm³/mol. The summed E-state index contributed by atoms with van der Waals surface area (Å²) in [4.78, 5) is 23.7. The van der Waals surface area contributed by atoms with Crippen LogP contribution in [0.2, 0.25) is 0 Å². The Morgan fingerprint density at radius 2 is 1.69 bits per heavy atom. The lowest BCUT2D eigenvalue weighted by atomic mass is 9.65. The van der Waals surface area contributed by atoms with E-state index in [1.54, 1.807) is 0 Å². The molecule has 0 radical (unpaired) electrons. The minimum Gasteiger partial charge on any atom is -0.338 e. The maximum Gasteiger partial charge on any atom is 0.233 e. The summed E-state index contributed by atoms with van der Waals surface area (Å²) < 4.78 is 0. The number of H-pyrrole nitrogens is 1. The Bertz CT molecular complexity index is 1050. The molecule has 5 heteroatoms. The minimum absolute atomic E-state index is 0.236. The average Bonchev–Trinajstić information content (AvgIpc) is 3.31. The van der Waals surface area contributed by atoms with Gasteiger partial charge in [-0.2, -0.15) is 0 Å². The first-order valence-corrected chi connectivity index (χ1v) is 12.4. The molecule has 1 aromatic heterocycles. The van der Waals surface area contributed by atoms with Crippen LogP contribution in [0, 0.1) is 10.8 Å². The van der Waals surface area contributed by atoms with Gasteiger partial charge in [0, 0.05) is 23.7 Å². The fraction of sp³-hybridized carbons (Fsp3) is 0.407. The minimum atomic E-state index is 0.236. The Kier molecular flexibility index (Phi) is 5.40. The lowest BCUT2D eigenvalue weighted by Gasteiger charge is -2.39. The molecule has 0 spiro atoms. The van der Waals surface area contributed by atoms with Gasteiger partial charge in [0.2, 0.25) is 5.91 Å². The standard InChI is InChI=1S/C27H31N3OS/c1-26(2)14-21-15-27(3,17-26)18-30(21)22(31)16-32-25-28-23(19-10-6-4-7-11-19)24(29-25)20-12-8-5-9-13-20/h4-13,21H,14-18H2,1-3H3,(H,28,29). The number of carbonyl (C=O) groups is 1. The topological polar surface area (TPSA) is 49.0 Å². The van der Waals surface area contributed by atoms with E-state index in [9.17, 15) is 4.79 Å². The number of nitrogens with one attached hydrogen (secondary N) is 1. The zero-order chi connectivity index (χ0) is 22.3. The number of aromatic amines is 1. The third-order valence-electron chi connectivity index (χ3n) is 6.86. The molecule has 3 aromatic rings. The molecule has 32 heavy (non-hydrogen) atoms. The first-order chi connectivity index (χ1) is 15.3. The van der Waals surface area contributed by atoms with Crippen LogP contribution in [-0.2, 0) is 4.79 Å². The Labute approximate surface area is 194 Å². The van der Waals surface area contributed by atoms with Crippen molar-refractivity contribution in [1.82, 2.24) is 14.9 Å². The second kappa shape index (κ2) is 8.11. The molecule has 166 valence electrons. The largest absolute Gasteiger partial charge is 0.338 e. The molecule has 2 atom stereocenters. The van der Waals surface area contributed by atoms with E-state index < -0.39 is 0 Å². The predicted octanol–water partition coefficient (Wildman–Crippen LogP) is 6.26. The van der Waals surface area contributed by atoms with Gasteiger partial charge < -0.3 is 9.88 Å². The van der Waals surface area contributed by atoms with Gasteiger partial charge in [-0.05, 0) is 30.1 Å². The van der Waals surface area contributed by atoms with Crippen molar-refractivity contribution in [3.63, 3.8) is 0 Å². The normalized spacial score (nSPS) is 24.0. The van der Waals surface area contributed by atoms with Crippen molar-refractivity contribution >= 4 is 17.7 Å². The second-order valence-electron chi connectivity index (χ2n) is 10.5. The van der Waals surface area contributed by atoms with Gasteiger partial charge in [-0.15, -0.1) is 0 Å². The van der Waals surface area contributed by atoms with Gasteiger partial charge in [0.15, 0.2) is 5.16 Å². The Hall–Kier alpha value is -2.53. The summed E-state index contributed by atoms with van der Waals surface area (Å²) in [6, 6.07) is 20.9. The summed E-state index contributed by atoms with van der Waals surface area (Å²) in [7, 11) is 0. The van der Waals surface area contributed by atoms with E-state index >= 15 is 0 Å². The number of benzene rings is 2. The highest BCUT2D eigenvalue weighted by Gasteiger charge is 2.50. The number of nitrogens with zero attached hydrogens (tertiary/aromatic N) is 2. The van der Waals surface area contributed by atoms with Crippen LogP contribution in [0.5, 0.6) is 0 Å². The molecule has 2 bridgehead atoms. The monoisotopic (exact) mass is 445 g/mol. The van der Waals surface area contributed by atoms with Gasteiger partial charge in [-0.1, -0.05) is 93.2 Å². The molecular formula is C27H31N3OS. The highest BCUT2D eigenvalue weighted by molar-refractivity contribution is 7.99.